The Balaban J connectivity index is 0.00000289. The third-order valence-corrected chi connectivity index (χ3v) is 2.34. The molecule has 0 aliphatic heterocycles. The lowest BCUT2D eigenvalue weighted by Gasteiger charge is -2.12. The molecule has 0 saturated carbocycles. The number of nitrogens with one attached hydrogen (secondary N) is 1. The number of hydrogen-bond donors (Lipinski definition) is 2. The summed E-state index contributed by atoms with van der Waals surface area (Å²) in [4.78, 5) is 11.9. The SMILES string of the molecule is COc1cc(OC)cc(C(=O)N[C@@H](C)CN)c1.Cl. The van der Waals surface area contributed by atoms with Crippen LogP contribution < -0.4 is 20.5 Å². The molecule has 18 heavy (non-hydrogen) atoms. The summed E-state index contributed by atoms with van der Waals surface area (Å²) in [6.07, 6.45) is 0. The summed E-state index contributed by atoms with van der Waals surface area (Å²) in [6, 6.07) is 4.95. The summed E-state index contributed by atoms with van der Waals surface area (Å²) in [5.74, 6) is 0.963. The van der Waals surface area contributed by atoms with Crippen molar-refractivity contribution in [3.05, 3.63) is 23.8 Å². The van der Waals surface area contributed by atoms with E-state index < -0.39 is 0 Å². The van der Waals surface area contributed by atoms with Crippen molar-refractivity contribution in [1.29, 1.82) is 0 Å². The lowest BCUT2D eigenvalue weighted by Crippen LogP contribution is -2.37. The Morgan fingerprint density at radius 1 is 1.28 bits per heavy atom. The van der Waals surface area contributed by atoms with Gasteiger partial charge in [0.15, 0.2) is 0 Å². The van der Waals surface area contributed by atoms with Gasteiger partial charge < -0.3 is 20.5 Å². The highest BCUT2D eigenvalue weighted by atomic mass is 35.5. The number of methoxy groups -OCH3 is 2. The quantitative estimate of drug-likeness (QED) is 0.846. The number of carbonyl (C=O) groups excluding carboxylic acids is 1. The fraction of sp³-hybridized carbons (Fsp3) is 0.417. The van der Waals surface area contributed by atoms with Gasteiger partial charge in [-0.2, -0.15) is 0 Å². The van der Waals surface area contributed by atoms with Gasteiger partial charge in [0.05, 0.1) is 14.2 Å². The van der Waals surface area contributed by atoms with E-state index in [-0.39, 0.29) is 24.4 Å². The lowest BCUT2D eigenvalue weighted by atomic mass is 10.1. The van der Waals surface area contributed by atoms with Gasteiger partial charge in [-0.05, 0) is 19.1 Å². The van der Waals surface area contributed by atoms with Crippen molar-refractivity contribution in [3.8, 4) is 11.5 Å². The molecule has 3 N–H and O–H groups in total. The van der Waals surface area contributed by atoms with Crippen molar-refractivity contribution in [2.24, 2.45) is 5.73 Å². The Kier molecular flexibility index (Phi) is 7.16. The standard InChI is InChI=1S/C12H18N2O3.ClH/c1-8(7-13)14-12(15)9-4-10(16-2)6-11(5-9)17-3;/h4-6,8H,7,13H2,1-3H3,(H,14,15);1H/t8-;/m0./s1. The van der Waals surface area contributed by atoms with Crippen LogP contribution in [0.15, 0.2) is 18.2 Å². The van der Waals surface area contributed by atoms with E-state index in [1.165, 1.54) is 0 Å². The van der Waals surface area contributed by atoms with E-state index in [9.17, 15) is 4.79 Å². The second kappa shape index (κ2) is 7.79. The minimum absolute atomic E-state index is 0. The van der Waals surface area contributed by atoms with Crippen LogP contribution >= 0.6 is 12.4 Å². The Hall–Kier alpha value is -1.46. The Morgan fingerprint density at radius 2 is 1.78 bits per heavy atom. The first-order chi connectivity index (χ1) is 8.10. The van der Waals surface area contributed by atoms with E-state index in [2.05, 4.69) is 5.32 Å². The zero-order valence-corrected chi connectivity index (χ0v) is 11.5. The van der Waals surface area contributed by atoms with Crippen molar-refractivity contribution < 1.29 is 14.3 Å². The fourth-order valence-corrected chi connectivity index (χ4v) is 1.30. The third-order valence-electron chi connectivity index (χ3n) is 2.34. The summed E-state index contributed by atoms with van der Waals surface area (Å²) in [6.45, 7) is 2.24. The van der Waals surface area contributed by atoms with Crippen molar-refractivity contribution in [2.75, 3.05) is 20.8 Å². The molecule has 0 bridgehead atoms. The Morgan fingerprint density at radius 3 is 2.17 bits per heavy atom. The number of nitrogens with two attached hydrogens (primary N) is 1. The number of halogens is 1. The molecule has 0 heterocycles. The number of carbonyl (C=O) groups is 1. The molecule has 0 aromatic heterocycles. The van der Waals surface area contributed by atoms with Crippen LogP contribution in [0, 0.1) is 0 Å². The van der Waals surface area contributed by atoms with E-state index in [0.29, 0.717) is 23.6 Å². The first-order valence-electron chi connectivity index (χ1n) is 5.34. The van der Waals surface area contributed by atoms with E-state index in [1.807, 2.05) is 6.92 Å². The van der Waals surface area contributed by atoms with Gasteiger partial charge in [0.1, 0.15) is 11.5 Å². The minimum Gasteiger partial charge on any atom is -0.497 e. The fourth-order valence-electron chi connectivity index (χ4n) is 1.30. The van der Waals surface area contributed by atoms with Crippen LogP contribution in [0.25, 0.3) is 0 Å². The Bertz CT molecular complexity index is 377. The molecule has 1 amide bonds. The van der Waals surface area contributed by atoms with Gasteiger partial charge >= 0.3 is 0 Å². The van der Waals surface area contributed by atoms with Crippen LogP contribution in [0.1, 0.15) is 17.3 Å². The van der Waals surface area contributed by atoms with Gasteiger partial charge in [-0.15, -0.1) is 12.4 Å². The number of amides is 1. The zero-order valence-electron chi connectivity index (χ0n) is 10.7. The molecule has 0 spiro atoms. The predicted octanol–water partition coefficient (Wildman–Crippen LogP) is 1.20. The monoisotopic (exact) mass is 274 g/mol. The van der Waals surface area contributed by atoms with Gasteiger partial charge in [0.25, 0.3) is 5.91 Å². The molecule has 0 aliphatic rings. The van der Waals surface area contributed by atoms with Crippen LogP contribution in [0.3, 0.4) is 0 Å². The molecule has 1 aromatic rings. The molecule has 102 valence electrons. The zero-order chi connectivity index (χ0) is 12.8. The number of benzene rings is 1. The molecule has 5 nitrogen and oxygen atoms in total. The molecule has 1 aromatic carbocycles. The van der Waals surface area contributed by atoms with E-state index >= 15 is 0 Å². The predicted molar refractivity (Wildman–Crippen MR) is 72.8 cm³/mol. The van der Waals surface area contributed by atoms with Crippen LogP contribution in [0.4, 0.5) is 0 Å². The molecule has 6 heteroatoms. The summed E-state index contributed by atoms with van der Waals surface area (Å²) in [5.41, 5.74) is 5.93. The van der Waals surface area contributed by atoms with E-state index in [1.54, 1.807) is 32.4 Å². The number of hydrogen-bond acceptors (Lipinski definition) is 4. The number of rotatable bonds is 5. The number of ether oxygens (including phenoxy) is 2. The maximum atomic E-state index is 11.9. The second-order valence-corrected chi connectivity index (χ2v) is 3.71. The van der Waals surface area contributed by atoms with Crippen molar-refractivity contribution in [3.63, 3.8) is 0 Å². The highest BCUT2D eigenvalue weighted by Crippen LogP contribution is 2.22. The van der Waals surface area contributed by atoms with Gasteiger partial charge in [-0.25, -0.2) is 0 Å². The van der Waals surface area contributed by atoms with E-state index in [4.69, 9.17) is 15.2 Å². The summed E-state index contributed by atoms with van der Waals surface area (Å²) >= 11 is 0. The van der Waals surface area contributed by atoms with Crippen molar-refractivity contribution in [2.45, 2.75) is 13.0 Å². The minimum atomic E-state index is -0.194. The van der Waals surface area contributed by atoms with Crippen LogP contribution in [-0.2, 0) is 0 Å². The third kappa shape index (κ3) is 4.43. The summed E-state index contributed by atoms with van der Waals surface area (Å²) in [7, 11) is 3.08. The average molecular weight is 275 g/mol. The largest absolute Gasteiger partial charge is 0.497 e. The van der Waals surface area contributed by atoms with Crippen LogP contribution in [0.5, 0.6) is 11.5 Å². The van der Waals surface area contributed by atoms with Gasteiger partial charge in [0.2, 0.25) is 0 Å². The lowest BCUT2D eigenvalue weighted by molar-refractivity contribution is 0.0940. The topological polar surface area (TPSA) is 73.6 Å². The highest BCUT2D eigenvalue weighted by molar-refractivity contribution is 5.95. The normalized spacial score (nSPS) is 11.1. The van der Waals surface area contributed by atoms with E-state index in [0.717, 1.165) is 0 Å². The summed E-state index contributed by atoms with van der Waals surface area (Å²) < 4.78 is 10.2. The van der Waals surface area contributed by atoms with Crippen molar-refractivity contribution >= 4 is 18.3 Å². The smallest absolute Gasteiger partial charge is 0.251 e. The molecule has 0 unspecified atom stereocenters. The molecule has 1 atom stereocenters. The van der Waals surface area contributed by atoms with Crippen molar-refractivity contribution in [1.82, 2.24) is 5.32 Å². The van der Waals surface area contributed by atoms with Crippen LogP contribution in [0.2, 0.25) is 0 Å². The second-order valence-electron chi connectivity index (χ2n) is 3.71. The average Bonchev–Trinajstić information content (AvgIpc) is 2.37. The molecule has 0 fully saturated rings. The van der Waals surface area contributed by atoms with Gasteiger partial charge in [0, 0.05) is 24.2 Å². The first-order valence-corrected chi connectivity index (χ1v) is 5.34. The molecular formula is C12H19ClN2O3. The maximum Gasteiger partial charge on any atom is 0.251 e. The summed E-state index contributed by atoms with van der Waals surface area (Å²) in [5, 5.41) is 2.77. The van der Waals surface area contributed by atoms with Crippen LogP contribution in [-0.4, -0.2) is 32.7 Å². The first kappa shape index (κ1) is 16.5. The Labute approximate surface area is 113 Å². The maximum absolute atomic E-state index is 11.9. The molecule has 0 saturated heterocycles. The molecule has 0 aliphatic carbocycles. The molecule has 1 rings (SSSR count). The van der Waals surface area contributed by atoms with Gasteiger partial charge in [-0.1, -0.05) is 0 Å². The highest BCUT2D eigenvalue weighted by Gasteiger charge is 2.11. The van der Waals surface area contributed by atoms with Gasteiger partial charge in [-0.3, -0.25) is 4.79 Å². The molecule has 0 radical (unpaired) electrons. The molecular weight excluding hydrogens is 256 g/mol.